The van der Waals surface area contributed by atoms with Crippen LogP contribution in [0.4, 0.5) is 15.9 Å². The molecular formula is C24H23FN6O2. The predicted octanol–water partition coefficient (Wildman–Crippen LogP) is 2.78. The van der Waals surface area contributed by atoms with E-state index >= 15 is 0 Å². The average Bonchev–Trinajstić information content (AvgIpc) is 3.17. The number of nitrogens with one attached hydrogen (secondary N) is 1. The van der Waals surface area contributed by atoms with Gasteiger partial charge in [0.1, 0.15) is 11.6 Å². The molecule has 1 saturated heterocycles. The van der Waals surface area contributed by atoms with E-state index in [0.29, 0.717) is 43.4 Å². The molecule has 2 amide bonds. The monoisotopic (exact) mass is 446 g/mol. The van der Waals surface area contributed by atoms with Gasteiger partial charge in [-0.05, 0) is 30.3 Å². The van der Waals surface area contributed by atoms with Gasteiger partial charge in [-0.3, -0.25) is 14.6 Å². The maximum absolute atomic E-state index is 13.8. The van der Waals surface area contributed by atoms with Gasteiger partial charge in [0.15, 0.2) is 5.82 Å². The zero-order chi connectivity index (χ0) is 22.9. The first-order valence-corrected chi connectivity index (χ1v) is 10.8. The molecule has 2 aliphatic rings. The van der Waals surface area contributed by atoms with Crippen LogP contribution in [0.1, 0.15) is 17.7 Å². The molecule has 3 aromatic rings. The SMILES string of the molecule is CN1C[C@H](C(=O)N2CCc3nc(-c4ccncc4)nc(Nc4cccc(F)c4)c3C2)CC1=O. The molecule has 4 heterocycles. The molecule has 0 bridgehead atoms. The van der Waals surface area contributed by atoms with Crippen molar-refractivity contribution < 1.29 is 14.0 Å². The molecule has 1 fully saturated rings. The Hall–Kier alpha value is -3.88. The second-order valence-electron chi connectivity index (χ2n) is 8.38. The third-order valence-electron chi connectivity index (χ3n) is 6.09. The van der Waals surface area contributed by atoms with Crippen LogP contribution in [-0.4, -0.2) is 56.7 Å². The number of carbonyl (C=O) groups excluding carboxylic acids is 2. The van der Waals surface area contributed by atoms with Crippen LogP contribution in [0.5, 0.6) is 0 Å². The van der Waals surface area contributed by atoms with Crippen molar-refractivity contribution in [3.63, 3.8) is 0 Å². The summed E-state index contributed by atoms with van der Waals surface area (Å²) in [5, 5.41) is 3.22. The average molecular weight is 446 g/mol. The topological polar surface area (TPSA) is 91.3 Å². The number of halogens is 1. The van der Waals surface area contributed by atoms with Crippen LogP contribution in [0.2, 0.25) is 0 Å². The third kappa shape index (κ3) is 4.26. The first kappa shape index (κ1) is 21.0. The molecule has 0 radical (unpaired) electrons. The Labute approximate surface area is 190 Å². The van der Waals surface area contributed by atoms with Crippen LogP contribution in [-0.2, 0) is 22.6 Å². The smallest absolute Gasteiger partial charge is 0.228 e. The van der Waals surface area contributed by atoms with E-state index in [0.717, 1.165) is 16.8 Å². The van der Waals surface area contributed by atoms with Crippen molar-refractivity contribution in [2.45, 2.75) is 19.4 Å². The number of likely N-dealkylation sites (tertiary alicyclic amines) is 1. The van der Waals surface area contributed by atoms with Crippen molar-refractivity contribution in [1.82, 2.24) is 24.8 Å². The molecule has 0 saturated carbocycles. The second kappa shape index (κ2) is 8.57. The largest absolute Gasteiger partial charge is 0.345 e. The van der Waals surface area contributed by atoms with Crippen molar-refractivity contribution in [1.29, 1.82) is 0 Å². The number of fused-ring (bicyclic) bond motifs is 1. The van der Waals surface area contributed by atoms with Gasteiger partial charge in [0.25, 0.3) is 0 Å². The van der Waals surface area contributed by atoms with Crippen molar-refractivity contribution in [2.24, 2.45) is 5.92 Å². The summed E-state index contributed by atoms with van der Waals surface area (Å²) in [5.41, 5.74) is 3.03. The van der Waals surface area contributed by atoms with E-state index in [9.17, 15) is 14.0 Å². The summed E-state index contributed by atoms with van der Waals surface area (Å²) in [5.74, 6) is 0.343. The van der Waals surface area contributed by atoms with Gasteiger partial charge in [0, 0.05) is 62.2 Å². The maximum Gasteiger partial charge on any atom is 0.228 e. The lowest BCUT2D eigenvalue weighted by molar-refractivity contribution is -0.136. The summed E-state index contributed by atoms with van der Waals surface area (Å²) in [6.07, 6.45) is 4.16. The molecule has 8 nitrogen and oxygen atoms in total. The third-order valence-corrected chi connectivity index (χ3v) is 6.09. The Bertz CT molecular complexity index is 1220. The normalized spacial score (nSPS) is 17.8. The van der Waals surface area contributed by atoms with Crippen LogP contribution >= 0.6 is 0 Å². The fraction of sp³-hybridized carbons (Fsp3) is 0.292. The minimum absolute atomic E-state index is 0.00968. The molecule has 1 atom stereocenters. The molecule has 0 aliphatic carbocycles. The summed E-state index contributed by atoms with van der Waals surface area (Å²) in [6, 6.07) is 9.82. The van der Waals surface area contributed by atoms with Crippen LogP contribution in [0.25, 0.3) is 11.4 Å². The Morgan fingerprint density at radius 1 is 1.18 bits per heavy atom. The van der Waals surface area contributed by atoms with Gasteiger partial charge >= 0.3 is 0 Å². The molecular weight excluding hydrogens is 423 g/mol. The first-order chi connectivity index (χ1) is 16.0. The Kier molecular flexibility index (Phi) is 5.45. The molecule has 5 rings (SSSR count). The number of carbonyl (C=O) groups is 2. The zero-order valence-corrected chi connectivity index (χ0v) is 18.2. The maximum atomic E-state index is 13.8. The number of aromatic nitrogens is 3. The Morgan fingerprint density at radius 2 is 2.00 bits per heavy atom. The lowest BCUT2D eigenvalue weighted by atomic mass is 10.0. The molecule has 2 aromatic heterocycles. The molecule has 9 heteroatoms. The minimum atomic E-state index is -0.357. The van der Waals surface area contributed by atoms with E-state index in [1.807, 2.05) is 12.1 Å². The highest BCUT2D eigenvalue weighted by atomic mass is 19.1. The molecule has 0 unspecified atom stereocenters. The van der Waals surface area contributed by atoms with Crippen LogP contribution in [0.3, 0.4) is 0 Å². The van der Waals surface area contributed by atoms with Crippen molar-refractivity contribution in [3.8, 4) is 11.4 Å². The van der Waals surface area contributed by atoms with E-state index in [2.05, 4.69) is 10.3 Å². The fourth-order valence-corrected chi connectivity index (χ4v) is 4.33. The number of amides is 2. The summed E-state index contributed by atoms with van der Waals surface area (Å²) >= 11 is 0. The standard InChI is InChI=1S/C24H23FN6O2/c1-30-13-16(11-21(30)32)24(33)31-10-7-20-19(14-31)23(27-18-4-2-3-17(25)12-18)29-22(28-20)15-5-8-26-9-6-15/h2-6,8-9,12,16H,7,10-11,13-14H2,1H3,(H,27,28,29)/t16-/m1/s1. The molecule has 0 spiro atoms. The highest BCUT2D eigenvalue weighted by Gasteiger charge is 2.36. The van der Waals surface area contributed by atoms with Crippen LogP contribution < -0.4 is 5.32 Å². The Balaban J connectivity index is 1.49. The number of nitrogens with zero attached hydrogens (tertiary/aromatic N) is 5. The minimum Gasteiger partial charge on any atom is -0.345 e. The second-order valence-corrected chi connectivity index (χ2v) is 8.38. The number of anilines is 2. The van der Waals surface area contributed by atoms with Gasteiger partial charge in [0.05, 0.1) is 18.2 Å². The molecule has 2 aliphatic heterocycles. The van der Waals surface area contributed by atoms with E-state index in [1.54, 1.807) is 41.4 Å². The summed E-state index contributed by atoms with van der Waals surface area (Å²) in [7, 11) is 1.72. The van der Waals surface area contributed by atoms with Crippen molar-refractivity contribution in [3.05, 3.63) is 65.9 Å². The fourth-order valence-electron chi connectivity index (χ4n) is 4.33. The van der Waals surface area contributed by atoms with Crippen LogP contribution in [0, 0.1) is 11.7 Å². The molecule has 168 valence electrons. The number of benzene rings is 1. The van der Waals surface area contributed by atoms with Gasteiger partial charge in [-0.25, -0.2) is 14.4 Å². The van der Waals surface area contributed by atoms with Gasteiger partial charge in [-0.2, -0.15) is 0 Å². The summed E-state index contributed by atoms with van der Waals surface area (Å²) in [6.45, 7) is 1.29. The highest BCUT2D eigenvalue weighted by Crippen LogP contribution is 2.31. The number of hydrogen-bond donors (Lipinski definition) is 1. The van der Waals surface area contributed by atoms with Crippen LogP contribution in [0.15, 0.2) is 48.8 Å². The van der Waals surface area contributed by atoms with Crippen molar-refractivity contribution >= 4 is 23.3 Å². The van der Waals surface area contributed by atoms with Crippen molar-refractivity contribution in [2.75, 3.05) is 25.5 Å². The lowest BCUT2D eigenvalue weighted by Crippen LogP contribution is -2.41. The highest BCUT2D eigenvalue weighted by molar-refractivity contribution is 5.89. The molecule has 33 heavy (non-hydrogen) atoms. The van der Waals surface area contributed by atoms with E-state index in [-0.39, 0.29) is 30.0 Å². The molecule has 1 aromatic carbocycles. The number of pyridine rings is 1. The number of rotatable bonds is 4. The van der Waals surface area contributed by atoms with E-state index < -0.39 is 0 Å². The van der Waals surface area contributed by atoms with E-state index in [1.165, 1.54) is 12.1 Å². The first-order valence-electron chi connectivity index (χ1n) is 10.8. The molecule has 1 N–H and O–H groups in total. The summed E-state index contributed by atoms with van der Waals surface area (Å²) in [4.78, 5) is 42.0. The van der Waals surface area contributed by atoms with Gasteiger partial charge in [-0.1, -0.05) is 6.07 Å². The quantitative estimate of drug-likeness (QED) is 0.663. The zero-order valence-electron chi connectivity index (χ0n) is 18.2. The van der Waals surface area contributed by atoms with Gasteiger partial charge in [-0.15, -0.1) is 0 Å². The van der Waals surface area contributed by atoms with E-state index in [4.69, 9.17) is 9.97 Å². The van der Waals surface area contributed by atoms with Gasteiger partial charge in [0.2, 0.25) is 11.8 Å². The Morgan fingerprint density at radius 3 is 2.73 bits per heavy atom. The predicted molar refractivity (Wildman–Crippen MR) is 120 cm³/mol. The number of hydrogen-bond acceptors (Lipinski definition) is 6. The summed E-state index contributed by atoms with van der Waals surface area (Å²) < 4.78 is 13.8. The van der Waals surface area contributed by atoms with Gasteiger partial charge < -0.3 is 15.1 Å². The lowest BCUT2D eigenvalue weighted by Gasteiger charge is -2.31.